The Morgan fingerprint density at radius 3 is 2.68 bits per heavy atom. The van der Waals surface area contributed by atoms with Crippen molar-refractivity contribution >= 4 is 11.7 Å². The summed E-state index contributed by atoms with van der Waals surface area (Å²) >= 11 is 0. The predicted molar refractivity (Wildman–Crippen MR) is 68.9 cm³/mol. The SMILES string of the molecule is CCN1CCN(C(=O)c2cccnc2[N+](=O)[O-])CC1. The third-order valence-electron chi connectivity index (χ3n) is 3.30. The topological polar surface area (TPSA) is 79.6 Å². The van der Waals surface area contributed by atoms with Crippen LogP contribution in [0.3, 0.4) is 0 Å². The molecule has 1 aromatic rings. The lowest BCUT2D eigenvalue weighted by Gasteiger charge is -2.33. The molecule has 1 aromatic heterocycles. The van der Waals surface area contributed by atoms with E-state index in [1.165, 1.54) is 12.3 Å². The number of nitro groups is 1. The molecule has 0 aromatic carbocycles. The summed E-state index contributed by atoms with van der Waals surface area (Å²) < 4.78 is 0. The number of likely N-dealkylation sites (N-methyl/N-ethyl adjacent to an activating group) is 1. The van der Waals surface area contributed by atoms with E-state index in [1.54, 1.807) is 11.0 Å². The van der Waals surface area contributed by atoms with Gasteiger partial charge >= 0.3 is 5.82 Å². The molecule has 2 heterocycles. The highest BCUT2D eigenvalue weighted by Crippen LogP contribution is 2.17. The summed E-state index contributed by atoms with van der Waals surface area (Å²) in [4.78, 5) is 30.1. The van der Waals surface area contributed by atoms with E-state index in [0.29, 0.717) is 13.1 Å². The van der Waals surface area contributed by atoms with Crippen molar-refractivity contribution in [3.05, 3.63) is 34.0 Å². The van der Waals surface area contributed by atoms with Gasteiger partial charge in [-0.15, -0.1) is 0 Å². The van der Waals surface area contributed by atoms with E-state index in [-0.39, 0.29) is 17.3 Å². The van der Waals surface area contributed by atoms with Crippen LogP contribution in [-0.4, -0.2) is 58.3 Å². The number of hydrogen-bond acceptors (Lipinski definition) is 5. The van der Waals surface area contributed by atoms with Crippen LogP contribution >= 0.6 is 0 Å². The molecule has 1 fully saturated rings. The second kappa shape index (κ2) is 5.75. The Hall–Kier alpha value is -2.02. The fourth-order valence-electron chi connectivity index (χ4n) is 2.15. The number of carbonyl (C=O) groups is 1. The number of nitrogens with zero attached hydrogens (tertiary/aromatic N) is 4. The first-order valence-corrected chi connectivity index (χ1v) is 6.24. The number of aromatic nitrogens is 1. The third-order valence-corrected chi connectivity index (χ3v) is 3.30. The Morgan fingerprint density at radius 2 is 2.11 bits per heavy atom. The Kier molecular flexibility index (Phi) is 4.06. The molecule has 0 unspecified atom stereocenters. The molecule has 0 spiro atoms. The van der Waals surface area contributed by atoms with Crippen LogP contribution in [0.15, 0.2) is 18.3 Å². The summed E-state index contributed by atoms with van der Waals surface area (Å²) in [7, 11) is 0. The van der Waals surface area contributed by atoms with Gasteiger partial charge in [0.2, 0.25) is 0 Å². The molecule has 2 rings (SSSR count). The zero-order valence-corrected chi connectivity index (χ0v) is 10.8. The lowest BCUT2D eigenvalue weighted by Crippen LogP contribution is -2.48. The number of hydrogen-bond donors (Lipinski definition) is 0. The van der Waals surface area contributed by atoms with Crippen LogP contribution in [0.4, 0.5) is 5.82 Å². The molecule has 1 aliphatic heterocycles. The molecule has 0 N–H and O–H groups in total. The van der Waals surface area contributed by atoms with Crippen molar-refractivity contribution < 1.29 is 9.72 Å². The lowest BCUT2D eigenvalue weighted by molar-refractivity contribution is -0.389. The first kappa shape index (κ1) is 13.4. The minimum atomic E-state index is -0.616. The third kappa shape index (κ3) is 2.87. The van der Waals surface area contributed by atoms with Crippen LogP contribution in [-0.2, 0) is 0 Å². The molecule has 0 bridgehead atoms. The van der Waals surface area contributed by atoms with Gasteiger partial charge < -0.3 is 19.9 Å². The summed E-state index contributed by atoms with van der Waals surface area (Å²) in [5, 5.41) is 10.9. The fourth-order valence-corrected chi connectivity index (χ4v) is 2.15. The smallest absolute Gasteiger partial charge is 0.358 e. The summed E-state index contributed by atoms with van der Waals surface area (Å²) in [6.45, 7) is 5.82. The van der Waals surface area contributed by atoms with E-state index in [0.717, 1.165) is 19.6 Å². The number of pyridine rings is 1. The Balaban J connectivity index is 2.15. The van der Waals surface area contributed by atoms with E-state index in [2.05, 4.69) is 16.8 Å². The van der Waals surface area contributed by atoms with Crippen LogP contribution in [0, 0.1) is 10.1 Å². The molecule has 0 atom stereocenters. The molecule has 19 heavy (non-hydrogen) atoms. The molecular weight excluding hydrogens is 248 g/mol. The van der Waals surface area contributed by atoms with Crippen LogP contribution in [0.2, 0.25) is 0 Å². The van der Waals surface area contributed by atoms with E-state index < -0.39 is 4.92 Å². The first-order chi connectivity index (χ1) is 9.13. The minimum Gasteiger partial charge on any atom is -0.358 e. The molecule has 0 saturated carbocycles. The molecule has 1 saturated heterocycles. The number of carbonyl (C=O) groups excluding carboxylic acids is 1. The van der Waals surface area contributed by atoms with E-state index in [4.69, 9.17) is 0 Å². The summed E-state index contributed by atoms with van der Waals surface area (Å²) in [6.07, 6.45) is 1.32. The highest BCUT2D eigenvalue weighted by Gasteiger charge is 2.27. The second-order valence-electron chi connectivity index (χ2n) is 4.36. The molecule has 0 aliphatic carbocycles. The van der Waals surface area contributed by atoms with Crippen LogP contribution in [0.5, 0.6) is 0 Å². The van der Waals surface area contributed by atoms with Crippen LogP contribution < -0.4 is 0 Å². The van der Waals surface area contributed by atoms with Gasteiger partial charge in [-0.2, -0.15) is 0 Å². The highest BCUT2D eigenvalue weighted by molar-refractivity contribution is 5.97. The molecule has 7 heteroatoms. The molecule has 102 valence electrons. The first-order valence-electron chi connectivity index (χ1n) is 6.24. The molecule has 7 nitrogen and oxygen atoms in total. The van der Waals surface area contributed by atoms with Gasteiger partial charge in [0.05, 0.1) is 0 Å². The lowest BCUT2D eigenvalue weighted by atomic mass is 10.2. The van der Waals surface area contributed by atoms with Gasteiger partial charge in [0, 0.05) is 26.2 Å². The molecule has 1 amide bonds. The Labute approximate surface area is 111 Å². The zero-order chi connectivity index (χ0) is 13.8. The molecule has 1 aliphatic rings. The van der Waals surface area contributed by atoms with Gasteiger partial charge in [0.1, 0.15) is 11.8 Å². The zero-order valence-electron chi connectivity index (χ0n) is 10.8. The average molecular weight is 264 g/mol. The second-order valence-corrected chi connectivity index (χ2v) is 4.36. The summed E-state index contributed by atoms with van der Waals surface area (Å²) in [6, 6.07) is 3.00. The van der Waals surface area contributed by atoms with E-state index >= 15 is 0 Å². The normalized spacial score (nSPS) is 16.4. The fraction of sp³-hybridized carbons (Fsp3) is 0.500. The Bertz CT molecular complexity index is 484. The number of piperazine rings is 1. The Morgan fingerprint density at radius 1 is 1.42 bits per heavy atom. The summed E-state index contributed by atoms with van der Waals surface area (Å²) in [5.41, 5.74) is 0.0671. The van der Waals surface area contributed by atoms with Crippen molar-refractivity contribution in [2.45, 2.75) is 6.92 Å². The maximum absolute atomic E-state index is 12.3. The van der Waals surface area contributed by atoms with Crippen molar-refractivity contribution in [3.63, 3.8) is 0 Å². The van der Waals surface area contributed by atoms with Crippen molar-refractivity contribution in [2.75, 3.05) is 32.7 Å². The quantitative estimate of drug-likeness (QED) is 0.595. The monoisotopic (exact) mass is 264 g/mol. The van der Waals surface area contributed by atoms with Crippen molar-refractivity contribution in [3.8, 4) is 0 Å². The maximum Gasteiger partial charge on any atom is 0.376 e. The predicted octanol–water partition coefficient (Wildman–Crippen LogP) is 0.768. The molecule has 0 radical (unpaired) electrons. The average Bonchev–Trinajstić information content (AvgIpc) is 2.46. The van der Waals surface area contributed by atoms with Gasteiger partial charge in [0.25, 0.3) is 5.91 Å². The highest BCUT2D eigenvalue weighted by atomic mass is 16.6. The molecular formula is C12H16N4O3. The standard InChI is InChI=1S/C12H16N4O3/c1-2-14-6-8-15(9-7-14)12(17)10-4-3-5-13-11(10)16(18)19/h3-5H,2,6-9H2,1H3. The summed E-state index contributed by atoms with van der Waals surface area (Å²) in [5.74, 6) is -0.680. The maximum atomic E-state index is 12.3. The van der Waals surface area contributed by atoms with Gasteiger partial charge in [-0.1, -0.05) is 6.92 Å². The van der Waals surface area contributed by atoms with E-state index in [9.17, 15) is 14.9 Å². The van der Waals surface area contributed by atoms with Gasteiger partial charge in [-0.25, -0.2) is 0 Å². The van der Waals surface area contributed by atoms with Crippen LogP contribution in [0.1, 0.15) is 17.3 Å². The largest absolute Gasteiger partial charge is 0.376 e. The number of rotatable bonds is 3. The number of amides is 1. The van der Waals surface area contributed by atoms with Crippen molar-refractivity contribution in [2.24, 2.45) is 0 Å². The van der Waals surface area contributed by atoms with Gasteiger partial charge in [0.15, 0.2) is 0 Å². The van der Waals surface area contributed by atoms with Crippen molar-refractivity contribution in [1.82, 2.24) is 14.8 Å². The van der Waals surface area contributed by atoms with Gasteiger partial charge in [-0.05, 0) is 28.6 Å². The van der Waals surface area contributed by atoms with E-state index in [1.807, 2.05) is 0 Å². The minimum absolute atomic E-state index is 0.0671. The van der Waals surface area contributed by atoms with Crippen LogP contribution in [0.25, 0.3) is 0 Å². The van der Waals surface area contributed by atoms with Crippen molar-refractivity contribution in [1.29, 1.82) is 0 Å². The van der Waals surface area contributed by atoms with Gasteiger partial charge in [-0.3, -0.25) is 4.79 Å².